The molecule has 2 N–H and O–H groups in total. The van der Waals surface area contributed by atoms with E-state index in [1.807, 2.05) is 41.9 Å². The van der Waals surface area contributed by atoms with Gasteiger partial charge < -0.3 is 19.9 Å². The van der Waals surface area contributed by atoms with E-state index in [-0.39, 0.29) is 17.5 Å². The third-order valence-electron chi connectivity index (χ3n) is 5.96. The molecule has 7 heteroatoms. The van der Waals surface area contributed by atoms with E-state index < -0.39 is 5.82 Å². The quantitative estimate of drug-likeness (QED) is 0.677. The highest BCUT2D eigenvalue weighted by atomic mass is 19.1. The molecule has 1 aliphatic rings. The third-order valence-corrected chi connectivity index (χ3v) is 5.96. The zero-order valence-electron chi connectivity index (χ0n) is 18.1. The minimum atomic E-state index is -0.593. The second-order valence-corrected chi connectivity index (χ2v) is 8.04. The molecular weight excluding hydrogens is 407 g/mol. The fraction of sp³-hybridized carbons (Fsp3) is 0.280. The largest absolute Gasteiger partial charge is 0.497 e. The highest BCUT2D eigenvalue weighted by molar-refractivity contribution is 5.98. The van der Waals surface area contributed by atoms with Gasteiger partial charge in [0.15, 0.2) is 0 Å². The zero-order chi connectivity index (χ0) is 22.8. The van der Waals surface area contributed by atoms with Gasteiger partial charge in [0.1, 0.15) is 23.3 Å². The fourth-order valence-corrected chi connectivity index (χ4v) is 4.26. The van der Waals surface area contributed by atoms with E-state index in [0.717, 1.165) is 24.1 Å². The minimum Gasteiger partial charge on any atom is -0.497 e. The van der Waals surface area contributed by atoms with Gasteiger partial charge in [-0.2, -0.15) is 5.26 Å². The number of nitriles is 1. The number of likely N-dealkylation sites (tertiary alicyclic amines) is 1. The first-order valence-electron chi connectivity index (χ1n) is 10.5. The van der Waals surface area contributed by atoms with Crippen molar-refractivity contribution in [2.45, 2.75) is 18.9 Å². The summed E-state index contributed by atoms with van der Waals surface area (Å²) in [5.41, 5.74) is 9.52. The van der Waals surface area contributed by atoms with Gasteiger partial charge in [0, 0.05) is 31.7 Å². The predicted octanol–water partition coefficient (Wildman–Crippen LogP) is 3.94. The lowest BCUT2D eigenvalue weighted by atomic mass is 9.99. The van der Waals surface area contributed by atoms with Gasteiger partial charge in [0.25, 0.3) is 5.91 Å². The number of methoxy groups -OCH3 is 1. The molecule has 1 amide bonds. The summed E-state index contributed by atoms with van der Waals surface area (Å²) in [6.07, 6.45) is 1.78. The molecule has 1 atom stereocenters. The number of nitrogens with two attached hydrogens (primary N) is 1. The van der Waals surface area contributed by atoms with Crippen LogP contribution >= 0.6 is 0 Å². The van der Waals surface area contributed by atoms with Gasteiger partial charge >= 0.3 is 0 Å². The van der Waals surface area contributed by atoms with E-state index in [9.17, 15) is 9.18 Å². The predicted molar refractivity (Wildman–Crippen MR) is 121 cm³/mol. The van der Waals surface area contributed by atoms with E-state index in [1.54, 1.807) is 24.1 Å². The van der Waals surface area contributed by atoms with Crippen molar-refractivity contribution in [2.75, 3.05) is 20.2 Å². The highest BCUT2D eigenvalue weighted by Crippen LogP contribution is 2.36. The summed E-state index contributed by atoms with van der Waals surface area (Å²) in [5, 5.41) is 9.08. The molecule has 1 aromatic heterocycles. The van der Waals surface area contributed by atoms with Crippen LogP contribution in [-0.4, -0.2) is 41.6 Å². The number of hydrogen-bond donors (Lipinski definition) is 1. The minimum absolute atomic E-state index is 0.0192. The number of nitrogens with zero attached hydrogens (tertiary/aromatic N) is 3. The van der Waals surface area contributed by atoms with Crippen molar-refractivity contribution in [1.29, 1.82) is 5.26 Å². The van der Waals surface area contributed by atoms with Gasteiger partial charge in [0.2, 0.25) is 0 Å². The van der Waals surface area contributed by atoms with Crippen molar-refractivity contribution >= 4 is 5.91 Å². The Morgan fingerprint density at radius 1 is 1.19 bits per heavy atom. The average Bonchev–Trinajstić information content (AvgIpc) is 3.15. The second kappa shape index (κ2) is 8.85. The molecule has 0 aliphatic carbocycles. The molecule has 0 saturated carbocycles. The molecule has 4 rings (SSSR count). The molecule has 164 valence electrons. The monoisotopic (exact) mass is 432 g/mol. The van der Waals surface area contributed by atoms with Crippen molar-refractivity contribution in [3.8, 4) is 34.2 Å². The van der Waals surface area contributed by atoms with E-state index in [2.05, 4.69) is 0 Å². The number of halogens is 1. The van der Waals surface area contributed by atoms with Crippen LogP contribution in [0.1, 0.15) is 28.9 Å². The maximum atomic E-state index is 14.4. The summed E-state index contributed by atoms with van der Waals surface area (Å²) in [5.74, 6) is 0.0229. The second-order valence-electron chi connectivity index (χ2n) is 8.04. The molecule has 3 aromatic rings. The van der Waals surface area contributed by atoms with Crippen molar-refractivity contribution in [3.63, 3.8) is 0 Å². The topological polar surface area (TPSA) is 84.3 Å². The van der Waals surface area contributed by atoms with Crippen LogP contribution in [0.4, 0.5) is 4.39 Å². The standard InChI is InChI=1S/C25H25FN4O2/c1-29-23(25(31)30-11-3-4-19(28)15-30)13-21(17-5-6-18(14-27)22(26)12-17)24(29)16-7-9-20(32-2)10-8-16/h5-10,12-13,19H,3-4,11,15,28H2,1-2H3. The number of benzene rings is 2. The molecule has 2 heterocycles. The smallest absolute Gasteiger partial charge is 0.270 e. The number of ether oxygens (including phenoxy) is 1. The number of rotatable bonds is 4. The Morgan fingerprint density at radius 3 is 2.53 bits per heavy atom. The molecule has 1 aliphatic heterocycles. The first kappa shape index (κ1) is 21.6. The Kier molecular flexibility index (Phi) is 5.97. The Morgan fingerprint density at radius 2 is 1.91 bits per heavy atom. The van der Waals surface area contributed by atoms with Crippen LogP contribution in [0.3, 0.4) is 0 Å². The third kappa shape index (κ3) is 3.97. The van der Waals surface area contributed by atoms with E-state index >= 15 is 0 Å². The fourth-order valence-electron chi connectivity index (χ4n) is 4.26. The molecule has 1 fully saturated rings. The van der Waals surface area contributed by atoms with Crippen LogP contribution in [0, 0.1) is 17.1 Å². The average molecular weight is 432 g/mol. The maximum absolute atomic E-state index is 14.4. The summed E-state index contributed by atoms with van der Waals surface area (Å²) in [7, 11) is 3.43. The van der Waals surface area contributed by atoms with E-state index in [0.29, 0.717) is 35.7 Å². The number of aromatic nitrogens is 1. The molecule has 0 spiro atoms. The van der Waals surface area contributed by atoms with Crippen molar-refractivity contribution in [1.82, 2.24) is 9.47 Å². The van der Waals surface area contributed by atoms with Crippen molar-refractivity contribution in [2.24, 2.45) is 12.8 Å². The van der Waals surface area contributed by atoms with Crippen LogP contribution < -0.4 is 10.5 Å². The van der Waals surface area contributed by atoms with Gasteiger partial charge in [-0.25, -0.2) is 4.39 Å². The van der Waals surface area contributed by atoms with Crippen LogP contribution in [0.5, 0.6) is 5.75 Å². The first-order valence-corrected chi connectivity index (χ1v) is 10.5. The molecule has 6 nitrogen and oxygen atoms in total. The Labute approximate surface area is 186 Å². The Bertz CT molecular complexity index is 1190. The number of carbonyl (C=O) groups excluding carboxylic acids is 1. The van der Waals surface area contributed by atoms with Gasteiger partial charge in [-0.1, -0.05) is 6.07 Å². The lowest BCUT2D eigenvalue weighted by Gasteiger charge is -2.30. The first-order chi connectivity index (χ1) is 15.4. The lowest BCUT2D eigenvalue weighted by molar-refractivity contribution is 0.0699. The lowest BCUT2D eigenvalue weighted by Crippen LogP contribution is -2.46. The molecule has 1 unspecified atom stereocenters. The number of hydrogen-bond acceptors (Lipinski definition) is 4. The van der Waals surface area contributed by atoms with Crippen LogP contribution in [0.2, 0.25) is 0 Å². The number of carbonyl (C=O) groups is 1. The molecular formula is C25H25FN4O2. The molecule has 2 aromatic carbocycles. The molecule has 1 saturated heterocycles. The highest BCUT2D eigenvalue weighted by Gasteiger charge is 2.27. The zero-order valence-corrected chi connectivity index (χ0v) is 18.1. The summed E-state index contributed by atoms with van der Waals surface area (Å²) in [4.78, 5) is 15.2. The molecule has 32 heavy (non-hydrogen) atoms. The molecule has 0 bridgehead atoms. The van der Waals surface area contributed by atoms with Crippen molar-refractivity contribution < 1.29 is 13.9 Å². The van der Waals surface area contributed by atoms with Gasteiger partial charge in [0.05, 0.1) is 18.4 Å². The Balaban J connectivity index is 1.85. The maximum Gasteiger partial charge on any atom is 0.270 e. The van der Waals surface area contributed by atoms with E-state index in [1.165, 1.54) is 12.1 Å². The number of amides is 1. The Hall–Kier alpha value is -3.63. The summed E-state index contributed by atoms with van der Waals surface area (Å²) < 4.78 is 21.5. The van der Waals surface area contributed by atoms with Crippen LogP contribution in [-0.2, 0) is 7.05 Å². The van der Waals surface area contributed by atoms with Gasteiger partial charge in [-0.3, -0.25) is 4.79 Å². The van der Waals surface area contributed by atoms with Crippen molar-refractivity contribution in [3.05, 3.63) is 65.6 Å². The van der Waals surface area contributed by atoms with Crippen LogP contribution in [0.15, 0.2) is 48.5 Å². The summed E-state index contributed by atoms with van der Waals surface area (Å²) >= 11 is 0. The van der Waals surface area contributed by atoms with Gasteiger partial charge in [-0.05, 0) is 66.4 Å². The SMILES string of the molecule is COc1ccc(-c2c(-c3ccc(C#N)c(F)c3)cc(C(=O)N3CCCC(N)C3)n2C)cc1. The molecule has 0 radical (unpaired) electrons. The summed E-state index contributed by atoms with van der Waals surface area (Å²) in [6.45, 7) is 1.18. The van der Waals surface area contributed by atoms with Crippen LogP contribution in [0.25, 0.3) is 22.4 Å². The number of piperidine rings is 1. The normalized spacial score (nSPS) is 16.0. The van der Waals surface area contributed by atoms with E-state index in [4.69, 9.17) is 15.7 Å². The summed E-state index contributed by atoms with van der Waals surface area (Å²) in [6, 6.07) is 15.6. The van der Waals surface area contributed by atoms with Gasteiger partial charge in [-0.15, -0.1) is 0 Å².